The first-order valence-corrected chi connectivity index (χ1v) is 17.0. The lowest BCUT2D eigenvalue weighted by molar-refractivity contribution is 0.664. The largest absolute Gasteiger partial charge is 0.455 e. The second kappa shape index (κ2) is 9.71. The zero-order valence-corrected chi connectivity index (χ0v) is 26.4. The molecule has 0 saturated carbocycles. The van der Waals surface area contributed by atoms with Gasteiger partial charge in [0.25, 0.3) is 0 Å². The van der Waals surface area contributed by atoms with Crippen molar-refractivity contribution in [2.45, 2.75) is 0 Å². The number of para-hydroxylation sites is 2. The van der Waals surface area contributed by atoms with E-state index in [0.29, 0.717) is 0 Å². The lowest BCUT2D eigenvalue weighted by Gasteiger charge is -2.25. The normalized spacial score (nSPS) is 12.2. The summed E-state index contributed by atoms with van der Waals surface area (Å²) in [5, 5.41) is 11.8. The Hall–Kier alpha value is -6.10. The predicted molar refractivity (Wildman–Crippen MR) is 204 cm³/mol. The Balaban J connectivity index is 1.18. The van der Waals surface area contributed by atoms with Crippen LogP contribution in [0, 0.1) is 0 Å². The fraction of sp³-hybridized carbons (Fsp3) is 0. The van der Waals surface area contributed by atoms with Gasteiger partial charge in [-0.1, -0.05) is 103 Å². The molecule has 224 valence electrons. The molecule has 0 unspecified atom stereocenters. The van der Waals surface area contributed by atoms with Crippen molar-refractivity contribution >= 4 is 114 Å². The van der Waals surface area contributed by atoms with Crippen LogP contribution in [-0.2, 0) is 0 Å². The molecule has 0 bridgehead atoms. The van der Waals surface area contributed by atoms with E-state index < -0.39 is 0 Å². The van der Waals surface area contributed by atoms with Gasteiger partial charge in [0.05, 0.1) is 5.69 Å². The molecule has 0 saturated heterocycles. The van der Waals surface area contributed by atoms with Crippen LogP contribution in [-0.4, -0.2) is 0 Å². The Morgan fingerprint density at radius 3 is 1.85 bits per heavy atom. The molecular weight excluding hydrogens is 607 g/mol. The number of benzene rings is 8. The van der Waals surface area contributed by atoms with Gasteiger partial charge in [-0.15, -0.1) is 11.3 Å². The van der Waals surface area contributed by atoms with Crippen molar-refractivity contribution in [1.29, 1.82) is 0 Å². The molecule has 0 radical (unpaired) electrons. The quantitative estimate of drug-likeness (QED) is 0.194. The molecule has 0 aliphatic carbocycles. The summed E-state index contributed by atoms with van der Waals surface area (Å²) >= 11 is 1.86. The number of hydrogen-bond donors (Lipinski definition) is 0. The zero-order chi connectivity index (χ0) is 31.3. The lowest BCUT2D eigenvalue weighted by atomic mass is 10.0. The van der Waals surface area contributed by atoms with E-state index in [-0.39, 0.29) is 0 Å². The van der Waals surface area contributed by atoms with E-state index in [9.17, 15) is 0 Å². The number of nitrogens with zero attached hydrogens (tertiary/aromatic N) is 1. The van der Waals surface area contributed by atoms with Crippen molar-refractivity contribution in [3.05, 3.63) is 152 Å². The summed E-state index contributed by atoms with van der Waals surface area (Å²) < 4.78 is 16.0. The molecular formula is C44H25NO2S. The van der Waals surface area contributed by atoms with Crippen LogP contribution in [0.2, 0.25) is 0 Å². The fourth-order valence-corrected chi connectivity index (χ4v) is 8.95. The Morgan fingerprint density at radius 1 is 0.417 bits per heavy atom. The van der Waals surface area contributed by atoms with Crippen LogP contribution in [0.4, 0.5) is 17.1 Å². The average Bonchev–Trinajstić information content (AvgIpc) is 3.83. The third kappa shape index (κ3) is 3.58. The van der Waals surface area contributed by atoms with Gasteiger partial charge in [-0.3, -0.25) is 0 Å². The van der Waals surface area contributed by atoms with Crippen molar-refractivity contribution in [3.8, 4) is 0 Å². The van der Waals surface area contributed by atoms with Crippen LogP contribution in [0.15, 0.2) is 160 Å². The van der Waals surface area contributed by atoms with E-state index in [4.69, 9.17) is 8.83 Å². The molecule has 0 fully saturated rings. The Morgan fingerprint density at radius 2 is 1.04 bits per heavy atom. The number of fused-ring (bicyclic) bond motifs is 14. The van der Waals surface area contributed by atoms with Crippen LogP contribution in [0.1, 0.15) is 0 Å². The molecule has 4 heteroatoms. The molecule has 0 amide bonds. The number of rotatable bonds is 3. The minimum atomic E-state index is 0.848. The van der Waals surface area contributed by atoms with E-state index in [1.54, 1.807) is 0 Å². The Bertz CT molecular complexity index is 3070. The maximum Gasteiger partial charge on any atom is 0.159 e. The second-order valence-electron chi connectivity index (χ2n) is 12.5. The van der Waals surface area contributed by atoms with Crippen LogP contribution in [0.5, 0.6) is 0 Å². The molecule has 0 spiro atoms. The van der Waals surface area contributed by atoms with Crippen molar-refractivity contribution in [3.63, 3.8) is 0 Å². The Kier molecular flexibility index (Phi) is 5.26. The van der Waals surface area contributed by atoms with Gasteiger partial charge < -0.3 is 13.7 Å². The van der Waals surface area contributed by atoms with E-state index in [0.717, 1.165) is 66.3 Å². The van der Waals surface area contributed by atoms with Crippen LogP contribution >= 0.6 is 11.3 Å². The first-order valence-electron chi connectivity index (χ1n) is 16.2. The molecule has 3 heterocycles. The van der Waals surface area contributed by atoms with Gasteiger partial charge in [-0.05, 0) is 64.7 Å². The van der Waals surface area contributed by atoms with Crippen molar-refractivity contribution in [1.82, 2.24) is 0 Å². The van der Waals surface area contributed by atoms with Gasteiger partial charge in [-0.2, -0.15) is 0 Å². The molecule has 0 aliphatic rings. The van der Waals surface area contributed by atoms with Crippen molar-refractivity contribution < 1.29 is 8.83 Å². The van der Waals surface area contributed by atoms with E-state index in [1.807, 2.05) is 23.5 Å². The summed E-state index contributed by atoms with van der Waals surface area (Å²) in [4.78, 5) is 2.32. The molecule has 11 rings (SSSR count). The molecule has 0 atom stereocenters. The van der Waals surface area contributed by atoms with Gasteiger partial charge in [0.1, 0.15) is 16.7 Å². The van der Waals surface area contributed by atoms with Crippen molar-refractivity contribution in [2.75, 3.05) is 4.90 Å². The SMILES string of the molecule is c1ccc(N(c2ccc3c(c2)sc2c4ccccc4ccc32)c2cccc3c2oc2ccc4oc5c6ccccc6ccc5c4c23)cc1. The maximum absolute atomic E-state index is 6.82. The molecule has 3 nitrogen and oxygen atoms in total. The summed E-state index contributed by atoms with van der Waals surface area (Å²) in [5.41, 5.74) is 6.62. The van der Waals surface area contributed by atoms with Gasteiger partial charge >= 0.3 is 0 Å². The van der Waals surface area contributed by atoms with E-state index in [1.165, 1.54) is 36.3 Å². The molecule has 8 aromatic carbocycles. The average molecular weight is 632 g/mol. The minimum Gasteiger partial charge on any atom is -0.455 e. The molecule has 48 heavy (non-hydrogen) atoms. The standard InChI is InChI=1S/C44H25NO2S/c1-2-11-28(12-3-1)45(29-19-22-32-33-20-17-27-10-5-7-14-31(27)44(33)48-39(32)25-29)36-16-8-15-34-40-38(47-43(34)36)24-23-37-41(40)35-21-18-26-9-4-6-13-30(26)42(35)46-37/h1-25H. The lowest BCUT2D eigenvalue weighted by Crippen LogP contribution is -2.09. The second-order valence-corrected chi connectivity index (χ2v) is 13.5. The first kappa shape index (κ1) is 26.0. The van der Waals surface area contributed by atoms with Gasteiger partial charge in [0, 0.05) is 58.5 Å². The highest BCUT2D eigenvalue weighted by Gasteiger charge is 2.23. The molecule has 3 aromatic heterocycles. The summed E-state index contributed by atoms with van der Waals surface area (Å²) in [6, 6.07) is 53.9. The smallest absolute Gasteiger partial charge is 0.159 e. The summed E-state index contributed by atoms with van der Waals surface area (Å²) in [5.74, 6) is 0. The number of thiophene rings is 1. The Labute approximate surface area is 278 Å². The van der Waals surface area contributed by atoms with E-state index >= 15 is 0 Å². The summed E-state index contributed by atoms with van der Waals surface area (Å²) in [6.45, 7) is 0. The first-order chi connectivity index (χ1) is 23.8. The molecule has 0 aliphatic heterocycles. The highest BCUT2D eigenvalue weighted by Crippen LogP contribution is 2.47. The summed E-state index contributed by atoms with van der Waals surface area (Å²) in [6.07, 6.45) is 0. The van der Waals surface area contributed by atoms with Crippen LogP contribution in [0.3, 0.4) is 0 Å². The maximum atomic E-state index is 6.82. The number of hydrogen-bond acceptors (Lipinski definition) is 4. The van der Waals surface area contributed by atoms with Gasteiger partial charge in [0.15, 0.2) is 5.58 Å². The number of furan rings is 2. The zero-order valence-electron chi connectivity index (χ0n) is 25.6. The van der Waals surface area contributed by atoms with Crippen LogP contribution in [0.25, 0.3) is 85.6 Å². The van der Waals surface area contributed by atoms with Gasteiger partial charge in [0.2, 0.25) is 0 Å². The van der Waals surface area contributed by atoms with Crippen LogP contribution < -0.4 is 4.90 Å². The third-order valence-electron chi connectivity index (χ3n) is 9.83. The predicted octanol–water partition coefficient (Wildman–Crippen LogP) is 13.6. The van der Waals surface area contributed by atoms with Crippen molar-refractivity contribution in [2.24, 2.45) is 0 Å². The topological polar surface area (TPSA) is 29.5 Å². The third-order valence-corrected chi connectivity index (χ3v) is 11.0. The van der Waals surface area contributed by atoms with E-state index in [2.05, 4.69) is 144 Å². The van der Waals surface area contributed by atoms with Gasteiger partial charge in [-0.25, -0.2) is 0 Å². The molecule has 0 N–H and O–H groups in total. The highest BCUT2D eigenvalue weighted by atomic mass is 32.1. The molecule has 11 aromatic rings. The highest BCUT2D eigenvalue weighted by molar-refractivity contribution is 7.26. The fourth-order valence-electron chi connectivity index (χ4n) is 7.68. The minimum absolute atomic E-state index is 0.848. The summed E-state index contributed by atoms with van der Waals surface area (Å²) in [7, 11) is 0. The monoisotopic (exact) mass is 631 g/mol. The number of anilines is 3.